The maximum Gasteiger partial charge on any atom is 0.107 e. The van der Waals surface area contributed by atoms with Gasteiger partial charge in [-0.2, -0.15) is 0 Å². The van der Waals surface area contributed by atoms with Crippen LogP contribution in [0.5, 0.6) is 0 Å². The van der Waals surface area contributed by atoms with Gasteiger partial charge in [0.25, 0.3) is 0 Å². The summed E-state index contributed by atoms with van der Waals surface area (Å²) in [6.45, 7) is 1.07. The van der Waals surface area contributed by atoms with Gasteiger partial charge in [-0.05, 0) is 37.5 Å². The van der Waals surface area contributed by atoms with E-state index in [1.807, 2.05) is 12.4 Å². The average molecular weight is 233 g/mol. The van der Waals surface area contributed by atoms with Gasteiger partial charge in [-0.15, -0.1) is 0 Å². The van der Waals surface area contributed by atoms with Crippen LogP contribution >= 0.6 is 0 Å². The molecular formula is C14H23N3. The van der Waals surface area contributed by atoms with Gasteiger partial charge in [-0.1, -0.05) is 12.8 Å². The zero-order valence-corrected chi connectivity index (χ0v) is 10.5. The molecule has 1 heterocycles. The molecule has 3 heteroatoms. The van der Waals surface area contributed by atoms with Crippen molar-refractivity contribution in [3.63, 3.8) is 0 Å². The van der Waals surface area contributed by atoms with Crippen LogP contribution in [0.4, 0.5) is 0 Å². The van der Waals surface area contributed by atoms with Crippen molar-refractivity contribution in [3.8, 4) is 0 Å². The molecule has 0 aromatic carbocycles. The van der Waals surface area contributed by atoms with Gasteiger partial charge in [-0.25, -0.2) is 4.98 Å². The van der Waals surface area contributed by atoms with Gasteiger partial charge < -0.3 is 10.3 Å². The van der Waals surface area contributed by atoms with Crippen LogP contribution in [0.2, 0.25) is 0 Å². The van der Waals surface area contributed by atoms with E-state index in [9.17, 15) is 0 Å². The second kappa shape index (κ2) is 5.21. The van der Waals surface area contributed by atoms with Crippen molar-refractivity contribution in [1.82, 2.24) is 15.3 Å². The highest BCUT2D eigenvalue weighted by atomic mass is 14.9. The molecular weight excluding hydrogens is 210 g/mol. The fourth-order valence-corrected chi connectivity index (χ4v) is 3.24. The molecule has 0 amide bonds. The van der Waals surface area contributed by atoms with Crippen LogP contribution in [0.15, 0.2) is 12.4 Å². The Labute approximate surface area is 103 Å². The van der Waals surface area contributed by atoms with Crippen molar-refractivity contribution in [3.05, 3.63) is 18.2 Å². The van der Waals surface area contributed by atoms with Gasteiger partial charge >= 0.3 is 0 Å². The SMILES string of the molecule is c1c[nH]c(CCNC2CCCC(C3CC3)C2)n1. The summed E-state index contributed by atoms with van der Waals surface area (Å²) in [6, 6.07) is 0.768. The molecule has 1 aromatic rings. The van der Waals surface area contributed by atoms with Gasteiger partial charge in [0.05, 0.1) is 0 Å². The second-order valence-electron chi connectivity index (χ2n) is 5.70. The van der Waals surface area contributed by atoms with Crippen molar-refractivity contribution in [2.24, 2.45) is 11.8 Å². The van der Waals surface area contributed by atoms with Crippen molar-refractivity contribution >= 4 is 0 Å². The molecule has 0 aliphatic heterocycles. The molecule has 0 spiro atoms. The lowest BCUT2D eigenvalue weighted by atomic mass is 9.83. The summed E-state index contributed by atoms with van der Waals surface area (Å²) in [5, 5.41) is 3.71. The summed E-state index contributed by atoms with van der Waals surface area (Å²) in [7, 11) is 0. The standard InChI is InChI=1S/C14H23N3/c1-2-12(11-4-5-11)10-13(3-1)15-7-6-14-16-8-9-17-14/h8-9,11-13,15H,1-7,10H2,(H,16,17). The maximum atomic E-state index is 4.26. The Morgan fingerprint density at radius 1 is 1.24 bits per heavy atom. The van der Waals surface area contributed by atoms with E-state index in [0.29, 0.717) is 0 Å². The Kier molecular flexibility index (Phi) is 3.46. The van der Waals surface area contributed by atoms with Crippen LogP contribution in [-0.2, 0) is 6.42 Å². The summed E-state index contributed by atoms with van der Waals surface area (Å²) in [6.07, 6.45) is 13.5. The van der Waals surface area contributed by atoms with E-state index in [1.165, 1.54) is 38.5 Å². The smallest absolute Gasteiger partial charge is 0.107 e. The van der Waals surface area contributed by atoms with Crippen molar-refractivity contribution in [2.75, 3.05) is 6.54 Å². The van der Waals surface area contributed by atoms with Crippen LogP contribution in [0.25, 0.3) is 0 Å². The van der Waals surface area contributed by atoms with E-state index in [1.54, 1.807) is 0 Å². The zero-order valence-electron chi connectivity index (χ0n) is 10.5. The van der Waals surface area contributed by atoms with Crippen molar-refractivity contribution in [2.45, 2.75) is 51.0 Å². The number of hydrogen-bond donors (Lipinski definition) is 2. The number of aromatic amines is 1. The number of rotatable bonds is 5. The first kappa shape index (κ1) is 11.3. The fraction of sp³-hybridized carbons (Fsp3) is 0.786. The maximum absolute atomic E-state index is 4.26. The Morgan fingerprint density at radius 3 is 2.94 bits per heavy atom. The molecule has 3 rings (SSSR count). The Morgan fingerprint density at radius 2 is 2.18 bits per heavy atom. The summed E-state index contributed by atoms with van der Waals surface area (Å²) in [5.74, 6) is 3.22. The lowest BCUT2D eigenvalue weighted by molar-refractivity contribution is 0.262. The monoisotopic (exact) mass is 233 g/mol. The molecule has 0 radical (unpaired) electrons. The minimum Gasteiger partial charge on any atom is -0.349 e. The molecule has 2 saturated carbocycles. The first-order chi connectivity index (χ1) is 8.42. The molecule has 2 aliphatic carbocycles. The summed E-state index contributed by atoms with van der Waals surface area (Å²) in [5.41, 5.74) is 0. The molecule has 17 heavy (non-hydrogen) atoms. The third-order valence-corrected chi connectivity index (χ3v) is 4.35. The van der Waals surface area contributed by atoms with Crippen LogP contribution in [0.1, 0.15) is 44.3 Å². The minimum atomic E-state index is 0.768. The minimum absolute atomic E-state index is 0.768. The van der Waals surface area contributed by atoms with E-state index < -0.39 is 0 Å². The summed E-state index contributed by atoms with van der Waals surface area (Å²) < 4.78 is 0. The molecule has 3 nitrogen and oxygen atoms in total. The Bertz CT molecular complexity index is 329. The lowest BCUT2D eigenvalue weighted by Gasteiger charge is -2.30. The van der Waals surface area contributed by atoms with E-state index in [2.05, 4.69) is 15.3 Å². The van der Waals surface area contributed by atoms with Gasteiger partial charge in [0.15, 0.2) is 0 Å². The number of nitrogens with zero attached hydrogens (tertiary/aromatic N) is 1. The van der Waals surface area contributed by atoms with Gasteiger partial charge in [0.1, 0.15) is 5.82 Å². The molecule has 0 saturated heterocycles. The van der Waals surface area contributed by atoms with Gasteiger partial charge in [0.2, 0.25) is 0 Å². The lowest BCUT2D eigenvalue weighted by Crippen LogP contribution is -2.36. The van der Waals surface area contributed by atoms with Crippen LogP contribution < -0.4 is 5.32 Å². The highest BCUT2D eigenvalue weighted by Gasteiger charge is 2.34. The molecule has 0 bridgehead atoms. The van der Waals surface area contributed by atoms with Crippen LogP contribution in [0, 0.1) is 11.8 Å². The molecule has 1 aromatic heterocycles. The van der Waals surface area contributed by atoms with E-state index in [-0.39, 0.29) is 0 Å². The molecule has 2 atom stereocenters. The number of imidazole rings is 1. The molecule has 2 aliphatic rings. The first-order valence-corrected chi connectivity index (χ1v) is 7.13. The van der Waals surface area contributed by atoms with Crippen molar-refractivity contribution in [1.29, 1.82) is 0 Å². The molecule has 94 valence electrons. The molecule has 2 N–H and O–H groups in total. The first-order valence-electron chi connectivity index (χ1n) is 7.13. The number of hydrogen-bond acceptors (Lipinski definition) is 2. The number of nitrogens with one attached hydrogen (secondary N) is 2. The third kappa shape index (κ3) is 3.09. The van der Waals surface area contributed by atoms with Crippen LogP contribution in [0.3, 0.4) is 0 Å². The van der Waals surface area contributed by atoms with E-state index >= 15 is 0 Å². The number of aromatic nitrogens is 2. The third-order valence-electron chi connectivity index (χ3n) is 4.35. The van der Waals surface area contributed by atoms with Gasteiger partial charge in [0, 0.05) is 31.4 Å². The number of H-pyrrole nitrogens is 1. The van der Waals surface area contributed by atoms with E-state index in [0.717, 1.165) is 36.7 Å². The Balaban J connectivity index is 1.39. The Hall–Kier alpha value is -0.830. The second-order valence-corrected chi connectivity index (χ2v) is 5.70. The highest BCUT2D eigenvalue weighted by molar-refractivity contribution is 4.90. The predicted octanol–water partition coefficient (Wildman–Crippen LogP) is 2.51. The molecule has 2 fully saturated rings. The summed E-state index contributed by atoms with van der Waals surface area (Å²) >= 11 is 0. The zero-order chi connectivity index (χ0) is 11.5. The van der Waals surface area contributed by atoms with Crippen molar-refractivity contribution < 1.29 is 0 Å². The topological polar surface area (TPSA) is 40.7 Å². The normalized spacial score (nSPS) is 29.4. The van der Waals surface area contributed by atoms with Crippen LogP contribution in [-0.4, -0.2) is 22.6 Å². The van der Waals surface area contributed by atoms with Gasteiger partial charge in [-0.3, -0.25) is 0 Å². The largest absolute Gasteiger partial charge is 0.349 e. The summed E-state index contributed by atoms with van der Waals surface area (Å²) in [4.78, 5) is 7.42. The molecule has 2 unspecified atom stereocenters. The predicted molar refractivity (Wildman–Crippen MR) is 68.8 cm³/mol. The quantitative estimate of drug-likeness (QED) is 0.820. The highest BCUT2D eigenvalue weighted by Crippen LogP contribution is 2.43. The fourth-order valence-electron chi connectivity index (χ4n) is 3.24. The average Bonchev–Trinajstić information content (AvgIpc) is 3.09. The van der Waals surface area contributed by atoms with E-state index in [4.69, 9.17) is 0 Å².